The van der Waals surface area contributed by atoms with Crippen LogP contribution >= 0.6 is 0 Å². The van der Waals surface area contributed by atoms with E-state index in [1.165, 1.54) is 19.3 Å². The third-order valence-corrected chi connectivity index (χ3v) is 8.70. The second-order valence-electron chi connectivity index (χ2n) is 9.45. The van der Waals surface area contributed by atoms with Gasteiger partial charge in [-0.2, -0.15) is 0 Å². The predicted octanol–water partition coefficient (Wildman–Crippen LogP) is 3.96. The van der Waals surface area contributed by atoms with Crippen molar-refractivity contribution in [3.8, 4) is 12.3 Å². The van der Waals surface area contributed by atoms with Crippen LogP contribution in [0.2, 0.25) is 0 Å². The minimum Gasteiger partial charge on any atom is -0.378 e. The number of hydrogen-bond acceptors (Lipinski definition) is 2. The van der Waals surface area contributed by atoms with Crippen molar-refractivity contribution in [2.24, 2.45) is 34.5 Å². The minimum absolute atomic E-state index is 0.0292. The van der Waals surface area contributed by atoms with Gasteiger partial charge in [0.15, 0.2) is 0 Å². The summed E-state index contributed by atoms with van der Waals surface area (Å²) in [5.74, 6) is 5.81. The summed E-state index contributed by atoms with van der Waals surface area (Å²) in [5, 5.41) is 10.6. The summed E-state index contributed by atoms with van der Waals surface area (Å²) in [6, 6.07) is 0. The number of fused-ring (bicyclic) bond motifs is 5. The Kier molecular flexibility index (Phi) is 3.31. The molecule has 0 bridgehead atoms. The average molecular weight is 314 g/mol. The predicted molar refractivity (Wildman–Crippen MR) is 90.5 cm³/mol. The molecule has 1 N–H and O–H groups in total. The highest BCUT2D eigenvalue weighted by Crippen LogP contribution is 2.66. The van der Waals surface area contributed by atoms with Crippen molar-refractivity contribution in [2.75, 3.05) is 0 Å². The number of terminal acetylenes is 1. The molecule has 7 unspecified atom stereocenters. The van der Waals surface area contributed by atoms with Gasteiger partial charge in [-0.1, -0.05) is 19.8 Å². The van der Waals surface area contributed by atoms with Crippen molar-refractivity contribution in [2.45, 2.75) is 77.2 Å². The van der Waals surface area contributed by atoms with Crippen LogP contribution in [-0.2, 0) is 4.79 Å². The smallest absolute Gasteiger partial charge is 0.139 e. The van der Waals surface area contributed by atoms with Gasteiger partial charge >= 0.3 is 0 Å². The Labute approximate surface area is 140 Å². The van der Waals surface area contributed by atoms with Gasteiger partial charge in [0.05, 0.1) is 0 Å². The van der Waals surface area contributed by atoms with Gasteiger partial charge in [-0.15, -0.1) is 6.42 Å². The fourth-order valence-electron chi connectivity index (χ4n) is 7.15. The van der Waals surface area contributed by atoms with Gasteiger partial charge in [-0.25, -0.2) is 0 Å². The van der Waals surface area contributed by atoms with E-state index >= 15 is 0 Å². The Balaban J connectivity index is 1.62. The summed E-state index contributed by atoms with van der Waals surface area (Å²) in [6.07, 6.45) is 14.8. The first-order valence-corrected chi connectivity index (χ1v) is 9.56. The first-order valence-electron chi connectivity index (χ1n) is 9.56. The number of carbonyl (C=O) groups is 1. The molecule has 4 aliphatic rings. The van der Waals surface area contributed by atoms with Crippen LogP contribution in [0.25, 0.3) is 0 Å². The molecule has 0 aromatic carbocycles. The van der Waals surface area contributed by atoms with Crippen LogP contribution in [0.4, 0.5) is 0 Å². The number of hydrogen-bond donors (Lipinski definition) is 1. The van der Waals surface area contributed by atoms with Crippen molar-refractivity contribution >= 4 is 5.78 Å². The van der Waals surface area contributed by atoms with Gasteiger partial charge in [-0.05, 0) is 80.5 Å². The third kappa shape index (κ3) is 2.02. The molecule has 0 aliphatic heterocycles. The van der Waals surface area contributed by atoms with Crippen LogP contribution in [-0.4, -0.2) is 16.5 Å². The standard InChI is InChI=1S/C21H30O2/c1-4-21(23)12-11-19(2)14(13-21)5-6-15-16-7-8-18(22)20(16,3)10-9-17(15)19/h1,14-17,23H,5-13H2,2-3H3. The summed E-state index contributed by atoms with van der Waals surface area (Å²) < 4.78 is 0. The summed E-state index contributed by atoms with van der Waals surface area (Å²) in [4.78, 5) is 12.4. The maximum Gasteiger partial charge on any atom is 0.139 e. The molecule has 0 heterocycles. The fraction of sp³-hybridized carbons (Fsp3) is 0.857. The Morgan fingerprint density at radius 3 is 2.61 bits per heavy atom. The molecular weight excluding hydrogens is 284 g/mol. The number of rotatable bonds is 0. The second kappa shape index (κ2) is 4.85. The minimum atomic E-state index is -0.872. The largest absolute Gasteiger partial charge is 0.378 e. The van der Waals surface area contributed by atoms with E-state index in [2.05, 4.69) is 19.8 Å². The monoisotopic (exact) mass is 314 g/mol. The highest BCUT2D eigenvalue weighted by atomic mass is 16.3. The molecule has 4 saturated carbocycles. The highest BCUT2D eigenvalue weighted by molar-refractivity contribution is 5.87. The molecule has 4 rings (SSSR count). The first kappa shape index (κ1) is 15.7. The molecule has 4 fully saturated rings. The van der Waals surface area contributed by atoms with Crippen molar-refractivity contribution in [1.82, 2.24) is 0 Å². The van der Waals surface area contributed by atoms with Crippen LogP contribution in [0, 0.1) is 46.8 Å². The first-order chi connectivity index (χ1) is 10.8. The lowest BCUT2D eigenvalue weighted by Gasteiger charge is -2.60. The van der Waals surface area contributed by atoms with E-state index in [4.69, 9.17) is 6.42 Å². The van der Waals surface area contributed by atoms with Gasteiger partial charge in [0.25, 0.3) is 0 Å². The van der Waals surface area contributed by atoms with Crippen molar-refractivity contribution in [3.63, 3.8) is 0 Å². The van der Waals surface area contributed by atoms with Gasteiger partial charge in [0.1, 0.15) is 11.4 Å². The van der Waals surface area contributed by atoms with Crippen molar-refractivity contribution in [1.29, 1.82) is 0 Å². The molecule has 4 aliphatic carbocycles. The molecule has 0 radical (unpaired) electrons. The van der Waals surface area contributed by atoms with E-state index in [1.54, 1.807) is 0 Å². The van der Waals surface area contributed by atoms with Gasteiger partial charge in [-0.3, -0.25) is 4.79 Å². The zero-order chi connectivity index (χ0) is 16.5. The lowest BCUT2D eigenvalue weighted by Crippen LogP contribution is -2.55. The highest BCUT2D eigenvalue weighted by Gasteiger charge is 2.61. The third-order valence-electron chi connectivity index (χ3n) is 8.70. The second-order valence-corrected chi connectivity index (χ2v) is 9.45. The normalized spacial score (nSPS) is 55.5. The molecule has 0 spiro atoms. The molecule has 7 atom stereocenters. The zero-order valence-electron chi connectivity index (χ0n) is 14.6. The number of aliphatic hydroxyl groups is 1. The van der Waals surface area contributed by atoms with Gasteiger partial charge in [0.2, 0.25) is 0 Å². The van der Waals surface area contributed by atoms with Crippen LogP contribution in [0.1, 0.15) is 71.6 Å². The lowest BCUT2D eigenvalue weighted by molar-refractivity contribution is -0.146. The molecule has 23 heavy (non-hydrogen) atoms. The topological polar surface area (TPSA) is 37.3 Å². The van der Waals surface area contributed by atoms with Crippen molar-refractivity contribution < 1.29 is 9.90 Å². The average Bonchev–Trinajstić information content (AvgIpc) is 2.84. The summed E-state index contributed by atoms with van der Waals surface area (Å²) in [6.45, 7) is 4.71. The van der Waals surface area contributed by atoms with E-state index in [-0.39, 0.29) is 5.41 Å². The van der Waals surface area contributed by atoms with Crippen molar-refractivity contribution in [3.05, 3.63) is 0 Å². The molecule has 0 aromatic rings. The lowest BCUT2D eigenvalue weighted by atomic mass is 9.44. The zero-order valence-corrected chi connectivity index (χ0v) is 14.6. The molecule has 2 nitrogen and oxygen atoms in total. The summed E-state index contributed by atoms with van der Waals surface area (Å²) in [7, 11) is 0. The van der Waals surface area contributed by atoms with Crippen LogP contribution in [0.15, 0.2) is 0 Å². The molecule has 2 heteroatoms. The molecule has 0 amide bonds. The molecular formula is C21H30O2. The molecule has 126 valence electrons. The maximum atomic E-state index is 12.4. The summed E-state index contributed by atoms with van der Waals surface area (Å²) >= 11 is 0. The molecule has 0 aromatic heterocycles. The Hall–Kier alpha value is -0.810. The van der Waals surface area contributed by atoms with Crippen LogP contribution < -0.4 is 0 Å². The van der Waals surface area contributed by atoms with Gasteiger partial charge < -0.3 is 5.11 Å². The van der Waals surface area contributed by atoms with E-state index < -0.39 is 5.60 Å². The molecule has 0 saturated heterocycles. The van der Waals surface area contributed by atoms with E-state index in [0.717, 1.165) is 50.4 Å². The summed E-state index contributed by atoms with van der Waals surface area (Å²) in [5.41, 5.74) is -0.582. The fourth-order valence-corrected chi connectivity index (χ4v) is 7.15. The van der Waals surface area contributed by atoms with Crippen LogP contribution in [0.5, 0.6) is 0 Å². The van der Waals surface area contributed by atoms with E-state index in [0.29, 0.717) is 23.0 Å². The maximum absolute atomic E-state index is 12.4. The number of Topliss-reactive ketones (excluding diaryl/α,β-unsaturated/α-hetero) is 1. The van der Waals surface area contributed by atoms with Gasteiger partial charge in [0, 0.05) is 11.8 Å². The Bertz CT molecular complexity index is 575. The number of ketones is 1. The SMILES string of the molecule is C#CC1(O)CCC2(C)C(CCC3C4CCC(=O)C4(C)CCC32)C1. The Morgan fingerprint density at radius 1 is 1.09 bits per heavy atom. The van der Waals surface area contributed by atoms with E-state index in [9.17, 15) is 9.90 Å². The van der Waals surface area contributed by atoms with Crippen LogP contribution in [0.3, 0.4) is 0 Å². The van der Waals surface area contributed by atoms with E-state index in [1.807, 2.05) is 0 Å². The quantitative estimate of drug-likeness (QED) is 0.687. The number of carbonyl (C=O) groups excluding carboxylic acids is 1. The Morgan fingerprint density at radius 2 is 1.87 bits per heavy atom.